The van der Waals surface area contributed by atoms with Gasteiger partial charge in [-0.2, -0.15) is 0 Å². The maximum absolute atomic E-state index is 12.1. The third-order valence-electron chi connectivity index (χ3n) is 1.90. The van der Waals surface area contributed by atoms with Crippen LogP contribution in [0.25, 0.3) is 11.0 Å². The summed E-state index contributed by atoms with van der Waals surface area (Å²) in [5.74, 6) is -1.17. The van der Waals surface area contributed by atoms with Crippen molar-refractivity contribution < 1.29 is 13.6 Å². The van der Waals surface area contributed by atoms with Crippen LogP contribution in [0.2, 0.25) is 0 Å². The Labute approximate surface area is 77.8 Å². The van der Waals surface area contributed by atoms with Gasteiger partial charge in [-0.15, -0.1) is 0 Å². The Hall–Kier alpha value is -1.78. The SMILES string of the molecule is O=C(c1ccc2nc[nH]c2c1)C(F)F. The van der Waals surface area contributed by atoms with E-state index in [2.05, 4.69) is 9.97 Å². The molecule has 1 aromatic heterocycles. The van der Waals surface area contributed by atoms with Crippen LogP contribution in [0.3, 0.4) is 0 Å². The van der Waals surface area contributed by atoms with Crippen LogP contribution in [0.15, 0.2) is 24.5 Å². The van der Waals surface area contributed by atoms with Crippen LogP contribution in [0.4, 0.5) is 8.78 Å². The number of Topliss-reactive ketones (excluding diaryl/α,β-unsaturated/α-hetero) is 1. The van der Waals surface area contributed by atoms with Crippen LogP contribution in [0.1, 0.15) is 10.4 Å². The topological polar surface area (TPSA) is 45.8 Å². The first-order chi connectivity index (χ1) is 6.68. The van der Waals surface area contributed by atoms with Crippen molar-refractivity contribution in [3.8, 4) is 0 Å². The summed E-state index contributed by atoms with van der Waals surface area (Å²) in [4.78, 5) is 17.6. The van der Waals surface area contributed by atoms with Gasteiger partial charge >= 0.3 is 6.43 Å². The number of fused-ring (bicyclic) bond motifs is 1. The number of carbonyl (C=O) groups excluding carboxylic acids is 1. The summed E-state index contributed by atoms with van der Waals surface area (Å²) in [5, 5.41) is 0. The summed E-state index contributed by atoms with van der Waals surface area (Å²) in [6, 6.07) is 4.25. The molecule has 0 aliphatic heterocycles. The van der Waals surface area contributed by atoms with Gasteiger partial charge in [-0.1, -0.05) is 0 Å². The number of aromatic nitrogens is 2. The maximum Gasteiger partial charge on any atom is 0.300 e. The molecule has 0 bridgehead atoms. The molecule has 72 valence electrons. The van der Waals surface area contributed by atoms with Crippen LogP contribution < -0.4 is 0 Å². The summed E-state index contributed by atoms with van der Waals surface area (Å²) < 4.78 is 24.1. The minimum absolute atomic E-state index is 0.00301. The molecule has 14 heavy (non-hydrogen) atoms. The Kier molecular flexibility index (Phi) is 1.99. The fraction of sp³-hybridized carbons (Fsp3) is 0.111. The zero-order valence-electron chi connectivity index (χ0n) is 7.00. The average molecular weight is 196 g/mol. The van der Waals surface area contributed by atoms with Gasteiger partial charge in [0.25, 0.3) is 0 Å². The van der Waals surface area contributed by atoms with Gasteiger partial charge in [0.15, 0.2) is 0 Å². The Morgan fingerprint density at radius 3 is 2.93 bits per heavy atom. The van der Waals surface area contributed by atoms with E-state index in [9.17, 15) is 13.6 Å². The molecular formula is C9H6F2N2O. The molecule has 5 heteroatoms. The number of rotatable bonds is 2. The predicted octanol–water partition coefficient (Wildman–Crippen LogP) is 2.01. The van der Waals surface area contributed by atoms with Crippen molar-refractivity contribution in [3.63, 3.8) is 0 Å². The van der Waals surface area contributed by atoms with E-state index in [-0.39, 0.29) is 5.56 Å². The van der Waals surface area contributed by atoms with Crippen molar-refractivity contribution in [3.05, 3.63) is 30.1 Å². The number of ketones is 1. The lowest BCUT2D eigenvalue weighted by atomic mass is 10.1. The van der Waals surface area contributed by atoms with E-state index in [1.54, 1.807) is 0 Å². The van der Waals surface area contributed by atoms with Gasteiger partial charge in [-0.3, -0.25) is 4.79 Å². The van der Waals surface area contributed by atoms with Crippen molar-refractivity contribution in [1.82, 2.24) is 9.97 Å². The highest BCUT2D eigenvalue weighted by Gasteiger charge is 2.17. The fourth-order valence-corrected chi connectivity index (χ4v) is 1.21. The van der Waals surface area contributed by atoms with E-state index in [1.165, 1.54) is 24.5 Å². The quantitative estimate of drug-likeness (QED) is 0.746. The Morgan fingerprint density at radius 1 is 1.43 bits per heavy atom. The van der Waals surface area contributed by atoms with Gasteiger partial charge in [0.2, 0.25) is 5.78 Å². The minimum Gasteiger partial charge on any atom is -0.345 e. The number of halogens is 2. The standard InChI is InChI=1S/C9H6F2N2O/c10-9(11)8(14)5-1-2-6-7(3-5)13-4-12-6/h1-4,9H,(H,12,13). The number of benzene rings is 1. The molecule has 1 aromatic carbocycles. The first-order valence-corrected chi connectivity index (χ1v) is 3.94. The van der Waals surface area contributed by atoms with E-state index >= 15 is 0 Å². The van der Waals surface area contributed by atoms with Crippen molar-refractivity contribution in [2.75, 3.05) is 0 Å². The molecule has 3 nitrogen and oxygen atoms in total. The number of carbonyl (C=O) groups is 1. The number of nitrogens with zero attached hydrogens (tertiary/aromatic N) is 1. The second-order valence-corrected chi connectivity index (χ2v) is 2.80. The first-order valence-electron chi connectivity index (χ1n) is 3.94. The summed E-state index contributed by atoms with van der Waals surface area (Å²) >= 11 is 0. The number of nitrogens with one attached hydrogen (secondary N) is 1. The van der Waals surface area contributed by atoms with Crippen LogP contribution in [-0.2, 0) is 0 Å². The third kappa shape index (κ3) is 1.37. The lowest BCUT2D eigenvalue weighted by Crippen LogP contribution is -2.09. The summed E-state index contributed by atoms with van der Waals surface area (Å²) in [5.41, 5.74) is 1.23. The number of imidazole rings is 1. The molecular weight excluding hydrogens is 190 g/mol. The normalized spacial score (nSPS) is 11.1. The lowest BCUT2D eigenvalue weighted by molar-refractivity contribution is 0.0679. The lowest BCUT2D eigenvalue weighted by Gasteiger charge is -1.98. The first kappa shape index (κ1) is 8.80. The Morgan fingerprint density at radius 2 is 2.21 bits per heavy atom. The van der Waals surface area contributed by atoms with Gasteiger partial charge in [0.05, 0.1) is 17.4 Å². The molecule has 0 atom stereocenters. The zero-order valence-corrected chi connectivity index (χ0v) is 7.00. The Balaban J connectivity index is 2.48. The van der Waals surface area contributed by atoms with E-state index < -0.39 is 12.2 Å². The second-order valence-electron chi connectivity index (χ2n) is 2.80. The van der Waals surface area contributed by atoms with Crippen LogP contribution >= 0.6 is 0 Å². The van der Waals surface area contributed by atoms with Gasteiger partial charge < -0.3 is 4.98 Å². The van der Waals surface area contributed by atoms with Crippen molar-refractivity contribution >= 4 is 16.8 Å². The highest BCUT2D eigenvalue weighted by molar-refractivity contribution is 6.00. The number of hydrogen-bond acceptors (Lipinski definition) is 2. The molecule has 0 amide bonds. The van der Waals surface area contributed by atoms with Crippen LogP contribution in [-0.4, -0.2) is 22.2 Å². The molecule has 1 heterocycles. The maximum atomic E-state index is 12.1. The van der Waals surface area contributed by atoms with Crippen molar-refractivity contribution in [1.29, 1.82) is 0 Å². The highest BCUT2D eigenvalue weighted by atomic mass is 19.3. The average Bonchev–Trinajstić information content (AvgIpc) is 2.62. The van der Waals surface area contributed by atoms with E-state index in [4.69, 9.17) is 0 Å². The molecule has 0 aliphatic rings. The summed E-state index contributed by atoms with van der Waals surface area (Å²) in [6.07, 6.45) is -1.52. The number of hydrogen-bond donors (Lipinski definition) is 1. The van der Waals surface area contributed by atoms with Crippen LogP contribution in [0.5, 0.6) is 0 Å². The molecule has 0 aliphatic carbocycles. The van der Waals surface area contributed by atoms with Gasteiger partial charge in [-0.05, 0) is 18.2 Å². The fourth-order valence-electron chi connectivity index (χ4n) is 1.21. The molecule has 0 spiro atoms. The predicted molar refractivity (Wildman–Crippen MR) is 46.4 cm³/mol. The monoisotopic (exact) mass is 196 g/mol. The minimum atomic E-state index is -2.96. The largest absolute Gasteiger partial charge is 0.345 e. The molecule has 0 saturated carbocycles. The molecule has 0 saturated heterocycles. The molecule has 1 N–H and O–H groups in total. The Bertz CT molecular complexity index is 478. The molecule has 2 aromatic rings. The second kappa shape index (κ2) is 3.17. The number of H-pyrrole nitrogens is 1. The van der Waals surface area contributed by atoms with Gasteiger partial charge in [0.1, 0.15) is 0 Å². The zero-order chi connectivity index (χ0) is 10.1. The smallest absolute Gasteiger partial charge is 0.300 e. The molecule has 2 rings (SSSR count). The van der Waals surface area contributed by atoms with E-state index in [0.29, 0.717) is 11.0 Å². The van der Waals surface area contributed by atoms with E-state index in [1.807, 2.05) is 0 Å². The molecule has 0 radical (unpaired) electrons. The van der Waals surface area contributed by atoms with Crippen LogP contribution in [0, 0.1) is 0 Å². The number of alkyl halides is 2. The number of aromatic amines is 1. The highest BCUT2D eigenvalue weighted by Crippen LogP contribution is 2.14. The molecule has 0 unspecified atom stereocenters. The summed E-state index contributed by atoms with van der Waals surface area (Å²) in [6.45, 7) is 0. The van der Waals surface area contributed by atoms with E-state index in [0.717, 1.165) is 0 Å². The van der Waals surface area contributed by atoms with Crippen molar-refractivity contribution in [2.24, 2.45) is 0 Å². The summed E-state index contributed by atoms with van der Waals surface area (Å²) in [7, 11) is 0. The molecule has 0 fully saturated rings. The van der Waals surface area contributed by atoms with Gasteiger partial charge in [0, 0.05) is 5.56 Å². The van der Waals surface area contributed by atoms with Gasteiger partial charge in [-0.25, -0.2) is 13.8 Å². The third-order valence-corrected chi connectivity index (χ3v) is 1.90. The van der Waals surface area contributed by atoms with Crippen molar-refractivity contribution in [2.45, 2.75) is 6.43 Å².